The second-order valence-electron chi connectivity index (χ2n) is 5.06. The van der Waals surface area contributed by atoms with Gasteiger partial charge in [0.1, 0.15) is 0 Å². The Morgan fingerprint density at radius 2 is 2.05 bits per heavy atom. The molecule has 0 atom stereocenters. The number of aromatic carboxylic acids is 1. The fourth-order valence-corrected chi connectivity index (χ4v) is 2.79. The van der Waals surface area contributed by atoms with Crippen molar-refractivity contribution >= 4 is 28.9 Å². The molecule has 110 valence electrons. The molecule has 0 spiro atoms. The topological polar surface area (TPSA) is 78.6 Å². The van der Waals surface area contributed by atoms with Crippen molar-refractivity contribution in [3.8, 4) is 0 Å². The maximum atomic E-state index is 11.2. The number of nitrogens with one attached hydrogen (secondary N) is 1. The van der Waals surface area contributed by atoms with E-state index in [-0.39, 0.29) is 5.56 Å². The zero-order valence-corrected chi connectivity index (χ0v) is 12.1. The van der Waals surface area contributed by atoms with Crippen LogP contribution in [0.1, 0.15) is 29.6 Å². The van der Waals surface area contributed by atoms with Crippen molar-refractivity contribution in [2.75, 3.05) is 37.2 Å². The molecule has 0 amide bonds. The van der Waals surface area contributed by atoms with E-state index in [2.05, 4.69) is 10.2 Å². The first-order valence-electron chi connectivity index (χ1n) is 6.86. The molecule has 6 heteroatoms. The van der Waals surface area contributed by atoms with Gasteiger partial charge in [-0.3, -0.25) is 0 Å². The summed E-state index contributed by atoms with van der Waals surface area (Å²) in [4.78, 5) is 13.6. The summed E-state index contributed by atoms with van der Waals surface area (Å²) >= 11 is 6.08. The molecule has 0 radical (unpaired) electrons. The highest BCUT2D eigenvalue weighted by Gasteiger charge is 2.15. The Morgan fingerprint density at radius 1 is 1.35 bits per heavy atom. The largest absolute Gasteiger partial charge is 0.478 e. The average Bonchev–Trinajstić information content (AvgIpc) is 2.41. The standard InChI is InChI=1S/C14H20ClN3O2/c15-12-9-10(16)8-11(14(19)20)13(12)17-4-7-18-5-2-1-3-6-18/h8-9,17H,1-7,16H2,(H,19,20). The van der Waals surface area contributed by atoms with Crippen LogP contribution >= 0.6 is 11.6 Å². The number of likely N-dealkylation sites (tertiary alicyclic amines) is 1. The van der Waals surface area contributed by atoms with Crippen LogP contribution in [0.4, 0.5) is 11.4 Å². The smallest absolute Gasteiger partial charge is 0.337 e. The van der Waals surface area contributed by atoms with Crippen LogP contribution in [0.5, 0.6) is 0 Å². The van der Waals surface area contributed by atoms with E-state index in [0.717, 1.165) is 19.6 Å². The lowest BCUT2D eigenvalue weighted by atomic mass is 10.1. The molecule has 0 aromatic heterocycles. The second-order valence-corrected chi connectivity index (χ2v) is 5.47. The molecule has 1 fully saturated rings. The molecule has 2 rings (SSSR count). The minimum absolute atomic E-state index is 0.119. The molecule has 1 aromatic rings. The third-order valence-corrected chi connectivity index (χ3v) is 3.82. The maximum absolute atomic E-state index is 11.2. The van der Waals surface area contributed by atoms with Crippen molar-refractivity contribution in [2.45, 2.75) is 19.3 Å². The summed E-state index contributed by atoms with van der Waals surface area (Å²) in [5.41, 5.74) is 6.55. The van der Waals surface area contributed by atoms with Gasteiger partial charge >= 0.3 is 5.97 Å². The number of nitrogens with zero attached hydrogens (tertiary/aromatic N) is 1. The van der Waals surface area contributed by atoms with Crippen LogP contribution in [0.25, 0.3) is 0 Å². The molecule has 1 saturated heterocycles. The summed E-state index contributed by atoms with van der Waals surface area (Å²) in [7, 11) is 0. The Labute approximate surface area is 123 Å². The number of piperidine rings is 1. The van der Waals surface area contributed by atoms with E-state index in [1.807, 2.05) is 0 Å². The number of halogens is 1. The molecule has 4 N–H and O–H groups in total. The molecule has 0 unspecified atom stereocenters. The zero-order valence-electron chi connectivity index (χ0n) is 11.4. The van der Waals surface area contributed by atoms with Gasteiger partial charge in [-0.1, -0.05) is 18.0 Å². The van der Waals surface area contributed by atoms with Crippen molar-refractivity contribution < 1.29 is 9.90 Å². The fourth-order valence-electron chi connectivity index (χ4n) is 2.50. The lowest BCUT2D eigenvalue weighted by molar-refractivity contribution is 0.0698. The number of carbonyl (C=O) groups is 1. The molecular formula is C14H20ClN3O2. The molecule has 1 heterocycles. The van der Waals surface area contributed by atoms with Crippen LogP contribution in [-0.4, -0.2) is 42.2 Å². The van der Waals surface area contributed by atoms with Gasteiger partial charge in [0.05, 0.1) is 16.3 Å². The summed E-state index contributed by atoms with van der Waals surface area (Å²) in [5.74, 6) is -1.03. The minimum Gasteiger partial charge on any atom is -0.478 e. The number of nitrogen functional groups attached to an aromatic ring is 1. The molecule has 20 heavy (non-hydrogen) atoms. The van der Waals surface area contributed by atoms with E-state index in [9.17, 15) is 9.90 Å². The van der Waals surface area contributed by atoms with Crippen LogP contribution in [0, 0.1) is 0 Å². The maximum Gasteiger partial charge on any atom is 0.337 e. The minimum atomic E-state index is -1.03. The number of benzene rings is 1. The Balaban J connectivity index is 1.99. The number of hydrogen-bond acceptors (Lipinski definition) is 4. The lowest BCUT2D eigenvalue weighted by Crippen LogP contribution is -2.33. The molecule has 0 aliphatic carbocycles. The molecule has 0 bridgehead atoms. The van der Waals surface area contributed by atoms with E-state index in [4.69, 9.17) is 17.3 Å². The van der Waals surface area contributed by atoms with Crippen molar-refractivity contribution in [2.24, 2.45) is 0 Å². The molecule has 0 saturated carbocycles. The quantitative estimate of drug-likeness (QED) is 0.728. The van der Waals surface area contributed by atoms with Crippen molar-refractivity contribution in [1.29, 1.82) is 0 Å². The monoisotopic (exact) mass is 297 g/mol. The highest BCUT2D eigenvalue weighted by atomic mass is 35.5. The van der Waals surface area contributed by atoms with Gasteiger partial charge in [-0.2, -0.15) is 0 Å². The number of carboxylic acid groups (broad SMARTS) is 1. The van der Waals surface area contributed by atoms with Crippen LogP contribution in [0.3, 0.4) is 0 Å². The van der Waals surface area contributed by atoms with Crippen LogP contribution < -0.4 is 11.1 Å². The summed E-state index contributed by atoms with van der Waals surface area (Å²) < 4.78 is 0. The summed E-state index contributed by atoms with van der Waals surface area (Å²) in [6.07, 6.45) is 3.78. The predicted octanol–water partition coefficient (Wildman–Crippen LogP) is 2.52. The number of anilines is 2. The highest BCUT2D eigenvalue weighted by molar-refractivity contribution is 6.34. The van der Waals surface area contributed by atoms with Crippen molar-refractivity contribution in [3.63, 3.8) is 0 Å². The average molecular weight is 298 g/mol. The second kappa shape index (κ2) is 6.81. The van der Waals surface area contributed by atoms with E-state index in [1.54, 1.807) is 6.07 Å². The molecular weight excluding hydrogens is 278 g/mol. The normalized spacial score (nSPS) is 16.1. The first-order valence-corrected chi connectivity index (χ1v) is 7.24. The van der Waals surface area contributed by atoms with Gasteiger partial charge in [0.2, 0.25) is 0 Å². The number of rotatable bonds is 5. The lowest BCUT2D eigenvalue weighted by Gasteiger charge is -2.26. The van der Waals surface area contributed by atoms with Crippen LogP contribution in [-0.2, 0) is 0 Å². The summed E-state index contributed by atoms with van der Waals surface area (Å²) in [6, 6.07) is 2.99. The highest BCUT2D eigenvalue weighted by Crippen LogP contribution is 2.29. The Bertz CT molecular complexity index is 488. The van der Waals surface area contributed by atoms with E-state index < -0.39 is 5.97 Å². The van der Waals surface area contributed by atoms with E-state index in [1.165, 1.54) is 25.3 Å². The summed E-state index contributed by atoms with van der Waals surface area (Å²) in [5, 5.41) is 12.7. The van der Waals surface area contributed by atoms with Crippen molar-refractivity contribution in [3.05, 3.63) is 22.7 Å². The summed E-state index contributed by atoms with van der Waals surface area (Å²) in [6.45, 7) is 3.79. The van der Waals surface area contributed by atoms with Gasteiger partial charge in [-0.05, 0) is 38.1 Å². The number of hydrogen-bond donors (Lipinski definition) is 3. The van der Waals surface area contributed by atoms with Gasteiger partial charge in [0.25, 0.3) is 0 Å². The molecule has 1 aliphatic heterocycles. The molecule has 5 nitrogen and oxygen atoms in total. The van der Waals surface area contributed by atoms with Crippen LogP contribution in [0.2, 0.25) is 5.02 Å². The van der Waals surface area contributed by atoms with Gasteiger partial charge in [-0.15, -0.1) is 0 Å². The predicted molar refractivity (Wildman–Crippen MR) is 81.6 cm³/mol. The first-order chi connectivity index (χ1) is 9.58. The SMILES string of the molecule is Nc1cc(Cl)c(NCCN2CCCCC2)c(C(=O)O)c1. The third-order valence-electron chi connectivity index (χ3n) is 3.52. The van der Waals surface area contributed by atoms with Crippen molar-refractivity contribution in [1.82, 2.24) is 4.90 Å². The molecule has 1 aliphatic rings. The van der Waals surface area contributed by atoms with Gasteiger partial charge in [0.15, 0.2) is 0 Å². The van der Waals surface area contributed by atoms with E-state index in [0.29, 0.717) is 22.9 Å². The number of nitrogens with two attached hydrogens (primary N) is 1. The van der Waals surface area contributed by atoms with Gasteiger partial charge in [0, 0.05) is 18.8 Å². The van der Waals surface area contributed by atoms with Gasteiger partial charge < -0.3 is 21.1 Å². The zero-order chi connectivity index (χ0) is 14.5. The van der Waals surface area contributed by atoms with E-state index >= 15 is 0 Å². The third kappa shape index (κ3) is 3.77. The Kier molecular flexibility index (Phi) is 5.09. The molecule has 1 aromatic carbocycles. The fraction of sp³-hybridized carbons (Fsp3) is 0.500. The Hall–Kier alpha value is -1.46. The van der Waals surface area contributed by atoms with Crippen LogP contribution in [0.15, 0.2) is 12.1 Å². The van der Waals surface area contributed by atoms with Gasteiger partial charge in [-0.25, -0.2) is 4.79 Å². The Morgan fingerprint density at radius 3 is 2.70 bits per heavy atom. The number of carboxylic acids is 1. The first kappa shape index (κ1) is 14.9.